The lowest BCUT2D eigenvalue weighted by Gasteiger charge is -2.13. The third kappa shape index (κ3) is 3.79. The van der Waals surface area contributed by atoms with Crippen LogP contribution in [0, 0.1) is 0 Å². The molecule has 0 radical (unpaired) electrons. The number of rotatable bonds is 5. The van der Waals surface area contributed by atoms with Crippen molar-refractivity contribution in [3.63, 3.8) is 0 Å². The van der Waals surface area contributed by atoms with Crippen LogP contribution in [0.2, 0.25) is 0 Å². The molecule has 0 unspecified atom stereocenters. The maximum Gasteiger partial charge on any atom is 0.301 e. The molecule has 0 saturated heterocycles. The van der Waals surface area contributed by atoms with Crippen LogP contribution >= 0.6 is 15.9 Å². The standard InChI is InChI=1S/C10H13BrN2O3S/c1-13(2)17(15,16)12-9-5-3-4-8(6-9)10(14)7-11/h3-6,12H,7H2,1-2H3. The Labute approximate surface area is 109 Å². The van der Waals surface area contributed by atoms with Crippen molar-refractivity contribution in [1.29, 1.82) is 0 Å². The molecule has 17 heavy (non-hydrogen) atoms. The predicted octanol–water partition coefficient (Wildman–Crippen LogP) is 1.48. The van der Waals surface area contributed by atoms with E-state index in [-0.39, 0.29) is 11.1 Å². The molecule has 1 aromatic carbocycles. The number of nitrogens with zero attached hydrogens (tertiary/aromatic N) is 1. The molecule has 1 aromatic rings. The number of alkyl halides is 1. The number of benzene rings is 1. The quantitative estimate of drug-likeness (QED) is 0.660. The molecule has 94 valence electrons. The molecule has 0 aliphatic carbocycles. The summed E-state index contributed by atoms with van der Waals surface area (Å²) in [5, 5.41) is 0.205. The Balaban J connectivity index is 2.98. The van der Waals surface area contributed by atoms with E-state index < -0.39 is 10.2 Å². The highest BCUT2D eigenvalue weighted by molar-refractivity contribution is 9.09. The zero-order valence-electron chi connectivity index (χ0n) is 9.47. The van der Waals surface area contributed by atoms with Gasteiger partial charge in [0.1, 0.15) is 0 Å². The Hall–Kier alpha value is -0.920. The summed E-state index contributed by atoms with van der Waals surface area (Å²) in [4.78, 5) is 11.4. The van der Waals surface area contributed by atoms with Crippen molar-refractivity contribution in [3.05, 3.63) is 29.8 Å². The van der Waals surface area contributed by atoms with Crippen LogP contribution in [-0.2, 0) is 10.2 Å². The van der Waals surface area contributed by atoms with Crippen LogP contribution in [0.3, 0.4) is 0 Å². The molecular formula is C10H13BrN2O3S. The summed E-state index contributed by atoms with van der Waals surface area (Å²) >= 11 is 3.06. The first-order valence-electron chi connectivity index (χ1n) is 4.76. The summed E-state index contributed by atoms with van der Waals surface area (Å²) in [5.74, 6) is -0.101. The number of halogens is 1. The number of Topliss-reactive ketones (excluding diaryl/α,β-unsaturated/α-hetero) is 1. The lowest BCUT2D eigenvalue weighted by Crippen LogP contribution is -2.28. The molecule has 0 fully saturated rings. The average molecular weight is 321 g/mol. The fourth-order valence-corrected chi connectivity index (χ4v) is 2.00. The van der Waals surface area contributed by atoms with E-state index in [0.717, 1.165) is 4.31 Å². The summed E-state index contributed by atoms with van der Waals surface area (Å²) < 4.78 is 26.6. The van der Waals surface area contributed by atoms with Crippen LogP contribution in [0.4, 0.5) is 5.69 Å². The van der Waals surface area contributed by atoms with E-state index in [1.807, 2.05) is 0 Å². The van der Waals surface area contributed by atoms with Crippen LogP contribution in [0.1, 0.15) is 10.4 Å². The molecule has 0 aliphatic rings. The minimum Gasteiger partial charge on any atom is -0.293 e. The lowest BCUT2D eigenvalue weighted by atomic mass is 10.1. The van der Waals surface area contributed by atoms with Crippen LogP contribution < -0.4 is 4.72 Å². The van der Waals surface area contributed by atoms with Crippen LogP contribution in [-0.4, -0.2) is 37.9 Å². The Morgan fingerprint density at radius 3 is 2.59 bits per heavy atom. The number of carbonyl (C=O) groups excluding carboxylic acids is 1. The minimum absolute atomic E-state index is 0.101. The number of anilines is 1. The largest absolute Gasteiger partial charge is 0.301 e. The lowest BCUT2D eigenvalue weighted by molar-refractivity contribution is 0.102. The van der Waals surface area contributed by atoms with Crippen molar-refractivity contribution in [2.24, 2.45) is 0 Å². The molecule has 0 saturated carbocycles. The summed E-state index contributed by atoms with van der Waals surface area (Å²) in [6.45, 7) is 0. The molecule has 5 nitrogen and oxygen atoms in total. The van der Waals surface area contributed by atoms with Crippen LogP contribution in [0.15, 0.2) is 24.3 Å². The van der Waals surface area contributed by atoms with Crippen molar-refractivity contribution in [2.75, 3.05) is 24.1 Å². The zero-order valence-corrected chi connectivity index (χ0v) is 11.9. The fourth-order valence-electron chi connectivity index (χ4n) is 1.07. The first kappa shape index (κ1) is 14.1. The van der Waals surface area contributed by atoms with Gasteiger partial charge in [-0.2, -0.15) is 12.7 Å². The highest BCUT2D eigenvalue weighted by Gasteiger charge is 2.13. The number of hydrogen-bond donors (Lipinski definition) is 1. The molecule has 0 heterocycles. The molecule has 0 aromatic heterocycles. The van der Waals surface area contributed by atoms with Gasteiger partial charge in [0.2, 0.25) is 0 Å². The van der Waals surface area contributed by atoms with Crippen LogP contribution in [0.5, 0.6) is 0 Å². The molecule has 0 atom stereocenters. The van der Waals surface area contributed by atoms with Gasteiger partial charge in [0.05, 0.1) is 11.0 Å². The maximum absolute atomic E-state index is 11.6. The Morgan fingerprint density at radius 2 is 2.06 bits per heavy atom. The second-order valence-electron chi connectivity index (χ2n) is 3.53. The third-order valence-corrected chi connectivity index (χ3v) is 4.00. The molecule has 7 heteroatoms. The van der Waals surface area contributed by atoms with E-state index in [4.69, 9.17) is 0 Å². The summed E-state index contributed by atoms with van der Waals surface area (Å²) in [7, 11) is -0.687. The van der Waals surface area contributed by atoms with Gasteiger partial charge >= 0.3 is 10.2 Å². The zero-order chi connectivity index (χ0) is 13.1. The monoisotopic (exact) mass is 320 g/mol. The summed E-state index contributed by atoms with van der Waals surface area (Å²) in [6.07, 6.45) is 0. The predicted molar refractivity (Wildman–Crippen MR) is 70.8 cm³/mol. The topological polar surface area (TPSA) is 66.5 Å². The first-order valence-corrected chi connectivity index (χ1v) is 7.32. The van der Waals surface area contributed by atoms with Gasteiger partial charge in [-0.3, -0.25) is 9.52 Å². The van der Waals surface area contributed by atoms with Gasteiger partial charge in [0.15, 0.2) is 5.78 Å². The highest BCUT2D eigenvalue weighted by atomic mass is 79.9. The number of nitrogens with one attached hydrogen (secondary N) is 1. The number of carbonyl (C=O) groups is 1. The van der Waals surface area contributed by atoms with Gasteiger partial charge in [0.25, 0.3) is 0 Å². The minimum atomic E-state index is -3.54. The smallest absolute Gasteiger partial charge is 0.293 e. The van der Waals surface area contributed by atoms with E-state index in [1.54, 1.807) is 18.2 Å². The molecule has 0 bridgehead atoms. The molecular weight excluding hydrogens is 308 g/mol. The van der Waals surface area contributed by atoms with E-state index in [1.165, 1.54) is 20.2 Å². The second-order valence-corrected chi connectivity index (χ2v) is 5.97. The first-order chi connectivity index (χ1) is 7.86. The number of ketones is 1. The molecule has 0 spiro atoms. The maximum atomic E-state index is 11.6. The van der Waals surface area contributed by atoms with Gasteiger partial charge in [-0.25, -0.2) is 0 Å². The molecule has 1 N–H and O–H groups in total. The molecule has 0 aliphatic heterocycles. The molecule has 1 rings (SSSR count). The Morgan fingerprint density at radius 1 is 1.41 bits per heavy atom. The summed E-state index contributed by atoms with van der Waals surface area (Å²) in [6, 6.07) is 6.36. The van der Waals surface area contributed by atoms with Crippen molar-refractivity contribution in [3.8, 4) is 0 Å². The number of hydrogen-bond acceptors (Lipinski definition) is 3. The Kier molecular flexibility index (Phi) is 4.67. The SMILES string of the molecule is CN(C)S(=O)(=O)Nc1cccc(C(=O)CBr)c1. The van der Waals surface area contributed by atoms with E-state index in [2.05, 4.69) is 20.7 Å². The van der Waals surface area contributed by atoms with Gasteiger partial charge in [-0.05, 0) is 12.1 Å². The second kappa shape index (κ2) is 5.61. The fraction of sp³-hybridized carbons (Fsp3) is 0.300. The normalized spacial score (nSPS) is 11.5. The van der Waals surface area contributed by atoms with Gasteiger partial charge in [-0.1, -0.05) is 28.1 Å². The van der Waals surface area contributed by atoms with Crippen molar-refractivity contribution < 1.29 is 13.2 Å². The van der Waals surface area contributed by atoms with E-state index in [0.29, 0.717) is 11.3 Å². The third-order valence-electron chi connectivity index (χ3n) is 2.03. The van der Waals surface area contributed by atoms with E-state index >= 15 is 0 Å². The van der Waals surface area contributed by atoms with Gasteiger partial charge in [0, 0.05) is 19.7 Å². The van der Waals surface area contributed by atoms with E-state index in [9.17, 15) is 13.2 Å². The van der Waals surface area contributed by atoms with Crippen molar-refractivity contribution in [1.82, 2.24) is 4.31 Å². The molecule has 0 amide bonds. The van der Waals surface area contributed by atoms with Crippen LogP contribution in [0.25, 0.3) is 0 Å². The Bertz CT molecular complexity index is 514. The summed E-state index contributed by atoms with van der Waals surface area (Å²) in [5.41, 5.74) is 0.825. The van der Waals surface area contributed by atoms with Crippen molar-refractivity contribution >= 4 is 37.6 Å². The van der Waals surface area contributed by atoms with Gasteiger partial charge in [-0.15, -0.1) is 0 Å². The highest BCUT2D eigenvalue weighted by Crippen LogP contribution is 2.14. The average Bonchev–Trinajstić information content (AvgIpc) is 2.27. The van der Waals surface area contributed by atoms with Gasteiger partial charge < -0.3 is 0 Å². The van der Waals surface area contributed by atoms with Crippen molar-refractivity contribution in [2.45, 2.75) is 0 Å².